The molecule has 7 aromatic carbocycles. The van der Waals surface area contributed by atoms with Crippen LogP contribution in [0, 0.1) is 0 Å². The number of rotatable bonds is 5. The first-order valence-corrected chi connectivity index (χ1v) is 20.7. The highest BCUT2D eigenvalue weighted by atomic mass is 28.3. The zero-order valence-electron chi connectivity index (χ0n) is 28.8. The van der Waals surface area contributed by atoms with Gasteiger partial charge in [0.1, 0.15) is 19.2 Å². The third-order valence-electron chi connectivity index (χ3n) is 10.5. The molecule has 0 spiro atoms. The summed E-state index contributed by atoms with van der Waals surface area (Å²) in [6.07, 6.45) is 0. The minimum absolute atomic E-state index is 0.615. The highest BCUT2D eigenvalue weighted by Gasteiger charge is 2.38. The summed E-state index contributed by atoms with van der Waals surface area (Å²) in [4.78, 5) is 15.3. The number of hydrogen-bond acceptors (Lipinski definition) is 4. The van der Waals surface area contributed by atoms with Gasteiger partial charge >= 0.3 is 0 Å². The molecule has 1 aliphatic rings. The Labute approximate surface area is 303 Å². The number of aromatic nitrogens is 3. The van der Waals surface area contributed by atoms with Crippen LogP contribution in [0.15, 0.2) is 168 Å². The first-order chi connectivity index (χ1) is 25.5. The molecule has 4 nitrogen and oxygen atoms in total. The van der Waals surface area contributed by atoms with Gasteiger partial charge in [-0.05, 0) is 74.1 Å². The van der Waals surface area contributed by atoms with Crippen LogP contribution in [0.2, 0.25) is 13.1 Å². The van der Waals surface area contributed by atoms with Gasteiger partial charge in [0, 0.05) is 27.5 Å². The Morgan fingerprint density at radius 1 is 0.365 bits per heavy atom. The maximum atomic E-state index is 6.41. The quantitative estimate of drug-likeness (QED) is 0.169. The van der Waals surface area contributed by atoms with Crippen LogP contribution in [0.1, 0.15) is 0 Å². The zero-order valence-corrected chi connectivity index (χ0v) is 29.8. The number of furan rings is 1. The van der Waals surface area contributed by atoms with Gasteiger partial charge in [0.25, 0.3) is 0 Å². The molecule has 0 amide bonds. The van der Waals surface area contributed by atoms with Gasteiger partial charge in [0.2, 0.25) is 0 Å². The Bertz CT molecular complexity index is 2810. The van der Waals surface area contributed by atoms with Crippen molar-refractivity contribution in [1.29, 1.82) is 0 Å². The molecule has 0 saturated heterocycles. The van der Waals surface area contributed by atoms with Gasteiger partial charge in [-0.2, -0.15) is 0 Å². The lowest BCUT2D eigenvalue weighted by Crippen LogP contribution is -2.49. The van der Waals surface area contributed by atoms with Crippen LogP contribution in [0.4, 0.5) is 0 Å². The summed E-state index contributed by atoms with van der Waals surface area (Å²) in [5.74, 6) is 1.92. The van der Waals surface area contributed by atoms with E-state index in [1.807, 2.05) is 24.3 Å². The van der Waals surface area contributed by atoms with Crippen molar-refractivity contribution in [2.75, 3.05) is 0 Å². The lowest BCUT2D eigenvalue weighted by atomic mass is 9.98. The van der Waals surface area contributed by atoms with E-state index >= 15 is 0 Å². The number of hydrogen-bond donors (Lipinski definition) is 0. The maximum absolute atomic E-state index is 6.41. The van der Waals surface area contributed by atoms with Crippen molar-refractivity contribution in [1.82, 2.24) is 15.0 Å². The minimum Gasteiger partial charge on any atom is -0.456 e. The maximum Gasteiger partial charge on any atom is 0.164 e. The SMILES string of the molecule is C[Si]1(C)c2ccc(-c3ccccc3)cc2-c2ccc(-c3nc(-c4ccccc4)nc(-c4ccc5c(c4)oc4ccc(-c6ccccc6)cc45)n3)cc21. The average molecular weight is 684 g/mol. The molecule has 3 heterocycles. The molecule has 0 N–H and O–H groups in total. The highest BCUT2D eigenvalue weighted by molar-refractivity contribution is 7.03. The van der Waals surface area contributed by atoms with Gasteiger partial charge < -0.3 is 4.42 Å². The average Bonchev–Trinajstić information content (AvgIpc) is 3.68. The Kier molecular flexibility index (Phi) is 6.91. The third kappa shape index (κ3) is 5.01. The van der Waals surface area contributed by atoms with E-state index in [0.717, 1.165) is 44.2 Å². The molecule has 1 aliphatic heterocycles. The minimum atomic E-state index is -1.98. The van der Waals surface area contributed by atoms with Crippen molar-refractivity contribution in [2.24, 2.45) is 0 Å². The van der Waals surface area contributed by atoms with Crippen molar-refractivity contribution in [3.8, 4) is 67.5 Å². The Morgan fingerprint density at radius 2 is 0.904 bits per heavy atom. The normalized spacial score (nSPS) is 13.0. The first kappa shape index (κ1) is 30.4. The van der Waals surface area contributed by atoms with Gasteiger partial charge in [0.05, 0.1) is 0 Å². The van der Waals surface area contributed by atoms with Crippen LogP contribution < -0.4 is 10.4 Å². The Hall–Kier alpha value is -6.43. The van der Waals surface area contributed by atoms with Crippen molar-refractivity contribution < 1.29 is 4.42 Å². The van der Waals surface area contributed by atoms with E-state index in [-0.39, 0.29) is 0 Å². The van der Waals surface area contributed by atoms with E-state index in [2.05, 4.69) is 153 Å². The number of fused-ring (bicyclic) bond motifs is 6. The van der Waals surface area contributed by atoms with E-state index in [9.17, 15) is 0 Å². The first-order valence-electron chi connectivity index (χ1n) is 17.7. The number of nitrogens with zero attached hydrogens (tertiary/aromatic N) is 3. The fourth-order valence-corrected chi connectivity index (χ4v) is 10.9. The van der Waals surface area contributed by atoms with Gasteiger partial charge in [-0.3, -0.25) is 0 Å². The van der Waals surface area contributed by atoms with Gasteiger partial charge in [-0.15, -0.1) is 0 Å². The summed E-state index contributed by atoms with van der Waals surface area (Å²) < 4.78 is 6.41. The molecular formula is C47H33N3OSi. The fraction of sp³-hybridized carbons (Fsp3) is 0.0426. The molecular weight excluding hydrogens is 651 g/mol. The van der Waals surface area contributed by atoms with Gasteiger partial charge in [-0.25, -0.2) is 15.0 Å². The molecule has 0 radical (unpaired) electrons. The summed E-state index contributed by atoms with van der Waals surface area (Å²) in [5.41, 5.74) is 12.0. The molecule has 0 bridgehead atoms. The van der Waals surface area contributed by atoms with Crippen molar-refractivity contribution in [2.45, 2.75) is 13.1 Å². The lowest BCUT2D eigenvalue weighted by molar-refractivity contribution is 0.669. The summed E-state index contributed by atoms with van der Waals surface area (Å²) in [5, 5.41) is 5.03. The summed E-state index contributed by atoms with van der Waals surface area (Å²) in [7, 11) is -1.98. The topological polar surface area (TPSA) is 51.8 Å². The second kappa shape index (κ2) is 11.8. The molecule has 0 saturated carbocycles. The van der Waals surface area contributed by atoms with Crippen LogP contribution in [0.3, 0.4) is 0 Å². The van der Waals surface area contributed by atoms with Crippen LogP contribution in [0.5, 0.6) is 0 Å². The third-order valence-corrected chi connectivity index (χ3v) is 14.1. The van der Waals surface area contributed by atoms with Crippen LogP contribution in [-0.4, -0.2) is 23.0 Å². The molecule has 52 heavy (non-hydrogen) atoms. The summed E-state index contributed by atoms with van der Waals surface area (Å²) in [6.45, 7) is 4.90. The van der Waals surface area contributed by atoms with Crippen molar-refractivity contribution >= 4 is 40.4 Å². The van der Waals surface area contributed by atoms with Crippen molar-refractivity contribution in [3.05, 3.63) is 164 Å². The molecule has 0 atom stereocenters. The van der Waals surface area contributed by atoms with Crippen LogP contribution in [-0.2, 0) is 0 Å². The molecule has 0 aliphatic carbocycles. The van der Waals surface area contributed by atoms with Crippen LogP contribution in [0.25, 0.3) is 89.5 Å². The molecule has 10 rings (SSSR count). The van der Waals surface area contributed by atoms with E-state index in [0.29, 0.717) is 17.5 Å². The Balaban J connectivity index is 1.09. The largest absolute Gasteiger partial charge is 0.456 e. The summed E-state index contributed by atoms with van der Waals surface area (Å²) >= 11 is 0. The monoisotopic (exact) mass is 683 g/mol. The van der Waals surface area contributed by atoms with Crippen molar-refractivity contribution in [3.63, 3.8) is 0 Å². The van der Waals surface area contributed by atoms with E-state index in [4.69, 9.17) is 19.4 Å². The fourth-order valence-electron chi connectivity index (χ4n) is 7.78. The lowest BCUT2D eigenvalue weighted by Gasteiger charge is -2.19. The second-order valence-electron chi connectivity index (χ2n) is 14.1. The molecule has 246 valence electrons. The standard InChI is InChI=1S/C47H33N3OSi/c1-52(2)43-25-21-34(31-14-8-4-9-15-31)27-40(43)38-23-19-36(29-44(38)52)47-49-45(32-16-10-5-11-17-32)48-46(50-47)35-18-22-37-39-26-33(30-12-6-3-7-13-30)20-24-41(39)51-42(37)28-35/h3-29H,1-2H3. The zero-order chi connectivity index (χ0) is 34.8. The van der Waals surface area contributed by atoms with E-state index < -0.39 is 8.07 Å². The predicted molar refractivity (Wildman–Crippen MR) is 216 cm³/mol. The van der Waals surface area contributed by atoms with E-state index in [1.54, 1.807) is 0 Å². The molecule has 0 fully saturated rings. The van der Waals surface area contributed by atoms with Gasteiger partial charge in [-0.1, -0.05) is 147 Å². The predicted octanol–water partition coefficient (Wildman–Crippen LogP) is 10.9. The molecule has 5 heteroatoms. The molecule has 9 aromatic rings. The van der Waals surface area contributed by atoms with E-state index in [1.165, 1.54) is 38.2 Å². The number of benzene rings is 7. The molecule has 0 unspecified atom stereocenters. The second-order valence-corrected chi connectivity index (χ2v) is 18.4. The molecule has 2 aromatic heterocycles. The smallest absolute Gasteiger partial charge is 0.164 e. The highest BCUT2D eigenvalue weighted by Crippen LogP contribution is 2.37. The van der Waals surface area contributed by atoms with Gasteiger partial charge in [0.15, 0.2) is 17.5 Å². The summed E-state index contributed by atoms with van der Waals surface area (Å²) in [6, 6.07) is 57.7. The Morgan fingerprint density at radius 3 is 1.58 bits per heavy atom. The van der Waals surface area contributed by atoms with Crippen LogP contribution >= 0.6 is 0 Å².